The topological polar surface area (TPSA) is 56.5 Å². The van der Waals surface area contributed by atoms with E-state index in [1.807, 2.05) is 4.40 Å². The molecule has 0 saturated carbocycles. The van der Waals surface area contributed by atoms with E-state index in [-0.39, 0.29) is 5.97 Å². The predicted molar refractivity (Wildman–Crippen MR) is 61.0 cm³/mol. The fourth-order valence-corrected chi connectivity index (χ4v) is 2.32. The molecule has 0 saturated heterocycles. The third-order valence-electron chi connectivity index (χ3n) is 3.04. The predicted octanol–water partition coefficient (Wildman–Crippen LogP) is 1.39. The standard InChI is InChI=1S/C12H13N3O2/c1-2-17-12(16)10-6-14-11-7-13-8-4-3-5-9(8)15(10)11/h6-7H,2-5H2,1H3. The van der Waals surface area contributed by atoms with Crippen LogP contribution in [-0.4, -0.2) is 26.9 Å². The Hall–Kier alpha value is -1.91. The Labute approximate surface area is 98.4 Å². The fourth-order valence-electron chi connectivity index (χ4n) is 2.32. The van der Waals surface area contributed by atoms with Crippen LogP contribution in [0.25, 0.3) is 5.65 Å². The van der Waals surface area contributed by atoms with Crippen molar-refractivity contribution >= 4 is 11.6 Å². The van der Waals surface area contributed by atoms with Crippen molar-refractivity contribution in [3.8, 4) is 0 Å². The summed E-state index contributed by atoms with van der Waals surface area (Å²) in [5, 5.41) is 0. The van der Waals surface area contributed by atoms with Gasteiger partial charge in [0.25, 0.3) is 0 Å². The van der Waals surface area contributed by atoms with Crippen LogP contribution in [0.15, 0.2) is 12.4 Å². The van der Waals surface area contributed by atoms with E-state index in [0.717, 1.165) is 30.7 Å². The molecule has 0 bridgehead atoms. The first-order chi connectivity index (χ1) is 8.31. The van der Waals surface area contributed by atoms with Crippen molar-refractivity contribution in [3.63, 3.8) is 0 Å². The molecule has 0 atom stereocenters. The molecule has 88 valence electrons. The molecule has 2 heterocycles. The van der Waals surface area contributed by atoms with Crippen molar-refractivity contribution in [2.24, 2.45) is 0 Å². The summed E-state index contributed by atoms with van der Waals surface area (Å²) < 4.78 is 6.92. The van der Waals surface area contributed by atoms with E-state index >= 15 is 0 Å². The van der Waals surface area contributed by atoms with Crippen LogP contribution in [0.4, 0.5) is 0 Å². The molecule has 3 rings (SSSR count). The molecule has 0 aliphatic heterocycles. The molecule has 5 nitrogen and oxygen atoms in total. The molecular formula is C12H13N3O2. The zero-order valence-electron chi connectivity index (χ0n) is 9.64. The van der Waals surface area contributed by atoms with E-state index in [1.54, 1.807) is 19.3 Å². The van der Waals surface area contributed by atoms with E-state index in [1.165, 1.54) is 0 Å². The van der Waals surface area contributed by atoms with Crippen LogP contribution in [-0.2, 0) is 17.6 Å². The number of fused-ring (bicyclic) bond motifs is 3. The lowest BCUT2D eigenvalue weighted by Gasteiger charge is -2.06. The number of hydrogen-bond acceptors (Lipinski definition) is 4. The number of esters is 1. The Balaban J connectivity index is 2.20. The molecule has 5 heteroatoms. The Kier molecular flexibility index (Phi) is 2.31. The number of imidazole rings is 1. The summed E-state index contributed by atoms with van der Waals surface area (Å²) in [7, 11) is 0. The minimum absolute atomic E-state index is 0.319. The van der Waals surface area contributed by atoms with Crippen molar-refractivity contribution in [2.75, 3.05) is 6.61 Å². The number of aryl methyl sites for hydroxylation is 2. The van der Waals surface area contributed by atoms with E-state index < -0.39 is 0 Å². The number of nitrogens with zero attached hydrogens (tertiary/aromatic N) is 3. The van der Waals surface area contributed by atoms with Crippen molar-refractivity contribution in [1.82, 2.24) is 14.4 Å². The van der Waals surface area contributed by atoms with Gasteiger partial charge in [0.2, 0.25) is 0 Å². The van der Waals surface area contributed by atoms with Gasteiger partial charge in [0.15, 0.2) is 11.3 Å². The lowest BCUT2D eigenvalue weighted by Crippen LogP contribution is -2.10. The molecule has 0 radical (unpaired) electrons. The van der Waals surface area contributed by atoms with Gasteiger partial charge >= 0.3 is 5.97 Å². The number of ether oxygens (including phenoxy) is 1. The van der Waals surface area contributed by atoms with Crippen molar-refractivity contribution in [3.05, 3.63) is 29.5 Å². The first-order valence-electron chi connectivity index (χ1n) is 5.82. The van der Waals surface area contributed by atoms with Gasteiger partial charge in [-0.15, -0.1) is 0 Å². The molecule has 1 aliphatic rings. The number of hydrogen-bond donors (Lipinski definition) is 0. The number of rotatable bonds is 2. The highest BCUT2D eigenvalue weighted by molar-refractivity contribution is 5.88. The van der Waals surface area contributed by atoms with E-state index in [0.29, 0.717) is 17.9 Å². The minimum atomic E-state index is -0.319. The van der Waals surface area contributed by atoms with Gasteiger partial charge in [-0.2, -0.15) is 0 Å². The molecule has 0 fully saturated rings. The second-order valence-electron chi connectivity index (χ2n) is 4.06. The van der Waals surface area contributed by atoms with Gasteiger partial charge in [-0.1, -0.05) is 0 Å². The van der Waals surface area contributed by atoms with Crippen LogP contribution in [0.5, 0.6) is 0 Å². The number of aromatic nitrogens is 3. The molecule has 2 aromatic heterocycles. The first-order valence-corrected chi connectivity index (χ1v) is 5.82. The van der Waals surface area contributed by atoms with Crippen LogP contribution in [0.2, 0.25) is 0 Å². The highest BCUT2D eigenvalue weighted by Gasteiger charge is 2.21. The Bertz CT molecular complexity index is 589. The van der Waals surface area contributed by atoms with Gasteiger partial charge in [-0.05, 0) is 26.2 Å². The summed E-state index contributed by atoms with van der Waals surface area (Å²) in [6.07, 6.45) is 6.29. The summed E-state index contributed by atoms with van der Waals surface area (Å²) in [6.45, 7) is 2.17. The van der Waals surface area contributed by atoms with Gasteiger partial charge in [-0.3, -0.25) is 9.38 Å². The summed E-state index contributed by atoms with van der Waals surface area (Å²) in [4.78, 5) is 20.4. The lowest BCUT2D eigenvalue weighted by molar-refractivity contribution is 0.0518. The molecule has 0 N–H and O–H groups in total. The van der Waals surface area contributed by atoms with Crippen molar-refractivity contribution in [2.45, 2.75) is 26.2 Å². The van der Waals surface area contributed by atoms with Crippen LogP contribution in [0.3, 0.4) is 0 Å². The van der Waals surface area contributed by atoms with Gasteiger partial charge in [0, 0.05) is 5.69 Å². The van der Waals surface area contributed by atoms with Crippen LogP contribution < -0.4 is 0 Å². The second kappa shape index (κ2) is 3.84. The number of carbonyl (C=O) groups excluding carboxylic acids is 1. The average molecular weight is 231 g/mol. The highest BCUT2D eigenvalue weighted by Crippen LogP contribution is 2.22. The second-order valence-corrected chi connectivity index (χ2v) is 4.06. The van der Waals surface area contributed by atoms with Gasteiger partial charge in [0.05, 0.1) is 24.7 Å². The van der Waals surface area contributed by atoms with Crippen molar-refractivity contribution in [1.29, 1.82) is 0 Å². The maximum absolute atomic E-state index is 11.8. The maximum atomic E-state index is 11.8. The monoisotopic (exact) mass is 231 g/mol. The zero-order valence-corrected chi connectivity index (χ0v) is 9.64. The average Bonchev–Trinajstić information content (AvgIpc) is 2.94. The number of carbonyl (C=O) groups is 1. The first kappa shape index (κ1) is 10.3. The zero-order chi connectivity index (χ0) is 11.8. The Morgan fingerprint density at radius 1 is 1.41 bits per heavy atom. The molecule has 0 unspecified atom stereocenters. The molecule has 0 aromatic carbocycles. The molecule has 0 spiro atoms. The highest BCUT2D eigenvalue weighted by atomic mass is 16.5. The fraction of sp³-hybridized carbons (Fsp3) is 0.417. The third-order valence-corrected chi connectivity index (χ3v) is 3.04. The summed E-state index contributed by atoms with van der Waals surface area (Å²) in [5.41, 5.74) is 3.39. The largest absolute Gasteiger partial charge is 0.461 e. The molecule has 0 amide bonds. The summed E-state index contributed by atoms with van der Waals surface area (Å²) in [5.74, 6) is -0.319. The van der Waals surface area contributed by atoms with Gasteiger partial charge in [-0.25, -0.2) is 9.78 Å². The molecule has 17 heavy (non-hydrogen) atoms. The van der Waals surface area contributed by atoms with Gasteiger partial charge in [0.1, 0.15) is 0 Å². The van der Waals surface area contributed by atoms with Crippen LogP contribution in [0, 0.1) is 0 Å². The Morgan fingerprint density at radius 3 is 3.12 bits per heavy atom. The van der Waals surface area contributed by atoms with E-state index in [2.05, 4.69) is 9.97 Å². The minimum Gasteiger partial charge on any atom is -0.461 e. The molecular weight excluding hydrogens is 218 g/mol. The van der Waals surface area contributed by atoms with Gasteiger partial charge < -0.3 is 4.74 Å². The van der Waals surface area contributed by atoms with E-state index in [4.69, 9.17) is 4.74 Å². The normalized spacial score (nSPS) is 13.9. The molecule has 2 aromatic rings. The smallest absolute Gasteiger partial charge is 0.356 e. The quantitative estimate of drug-likeness (QED) is 0.733. The van der Waals surface area contributed by atoms with Crippen LogP contribution >= 0.6 is 0 Å². The van der Waals surface area contributed by atoms with E-state index in [9.17, 15) is 4.79 Å². The maximum Gasteiger partial charge on any atom is 0.356 e. The summed E-state index contributed by atoms with van der Waals surface area (Å²) in [6, 6.07) is 0. The lowest BCUT2D eigenvalue weighted by atomic mass is 10.3. The summed E-state index contributed by atoms with van der Waals surface area (Å²) >= 11 is 0. The van der Waals surface area contributed by atoms with Crippen molar-refractivity contribution < 1.29 is 9.53 Å². The SMILES string of the molecule is CCOC(=O)c1cnc2cnc3c(n12)CCC3. The third kappa shape index (κ3) is 1.50. The Morgan fingerprint density at radius 2 is 2.29 bits per heavy atom. The molecule has 1 aliphatic carbocycles. The van der Waals surface area contributed by atoms with Crippen LogP contribution in [0.1, 0.15) is 35.2 Å².